The van der Waals surface area contributed by atoms with E-state index in [1.54, 1.807) is 36.0 Å². The number of aromatic nitrogens is 4. The number of Topliss-reactive ketones (excluding diaryl/α,β-unsaturated/α-hetero) is 1. The van der Waals surface area contributed by atoms with Gasteiger partial charge in [0.2, 0.25) is 5.88 Å². The maximum atomic E-state index is 13.1. The van der Waals surface area contributed by atoms with Crippen molar-refractivity contribution in [3.63, 3.8) is 0 Å². The van der Waals surface area contributed by atoms with Gasteiger partial charge < -0.3 is 9.84 Å². The molecule has 8 heteroatoms. The fourth-order valence-electron chi connectivity index (χ4n) is 2.53. The van der Waals surface area contributed by atoms with Gasteiger partial charge in [0.15, 0.2) is 5.78 Å². The number of carbonyl (C=O) groups excluding carboxylic acids is 1. The number of hydrogen-bond acceptors (Lipinski definition) is 6. The van der Waals surface area contributed by atoms with Crippen molar-refractivity contribution in [3.05, 3.63) is 59.7 Å². The third kappa shape index (κ3) is 4.53. The van der Waals surface area contributed by atoms with E-state index in [0.717, 1.165) is 5.56 Å². The number of aryl methyl sites for hydroxylation is 1. The van der Waals surface area contributed by atoms with Gasteiger partial charge in [-0.15, -0.1) is 5.10 Å². The number of ether oxygens (including phenoxy) is 1. The lowest BCUT2D eigenvalue weighted by molar-refractivity contribution is 0.0971. The SMILES string of the molecule is Cn1nnc(-c2ccc(F)cc2)c1COc1ccc(C(=O)CCCO)cn1. The summed E-state index contributed by atoms with van der Waals surface area (Å²) in [5.74, 6) is -0.0317. The molecule has 0 saturated heterocycles. The van der Waals surface area contributed by atoms with E-state index in [-0.39, 0.29) is 31.2 Å². The molecule has 1 N–H and O–H groups in total. The van der Waals surface area contributed by atoms with Gasteiger partial charge in [-0.2, -0.15) is 0 Å². The van der Waals surface area contributed by atoms with Crippen LogP contribution in [-0.4, -0.2) is 37.5 Å². The first kappa shape index (κ1) is 18.7. The molecular formula is C19H19FN4O3. The summed E-state index contributed by atoms with van der Waals surface area (Å²) < 4.78 is 20.4. The smallest absolute Gasteiger partial charge is 0.213 e. The molecule has 0 atom stereocenters. The largest absolute Gasteiger partial charge is 0.471 e. The molecule has 0 bridgehead atoms. The number of carbonyl (C=O) groups is 1. The molecule has 2 heterocycles. The van der Waals surface area contributed by atoms with Crippen LogP contribution in [0.25, 0.3) is 11.3 Å². The zero-order valence-corrected chi connectivity index (χ0v) is 14.8. The summed E-state index contributed by atoms with van der Waals surface area (Å²) in [7, 11) is 1.75. The molecule has 0 amide bonds. The second-order valence-corrected chi connectivity index (χ2v) is 5.94. The van der Waals surface area contributed by atoms with E-state index in [4.69, 9.17) is 9.84 Å². The van der Waals surface area contributed by atoms with Crippen molar-refractivity contribution >= 4 is 5.78 Å². The van der Waals surface area contributed by atoms with Crippen LogP contribution in [0.2, 0.25) is 0 Å². The minimum atomic E-state index is -0.321. The van der Waals surface area contributed by atoms with E-state index in [9.17, 15) is 9.18 Å². The topological polar surface area (TPSA) is 90.1 Å². The highest BCUT2D eigenvalue weighted by atomic mass is 19.1. The number of hydrogen-bond donors (Lipinski definition) is 1. The molecule has 0 aliphatic heterocycles. The lowest BCUT2D eigenvalue weighted by Gasteiger charge is -2.08. The molecule has 140 valence electrons. The lowest BCUT2D eigenvalue weighted by atomic mass is 10.1. The zero-order chi connectivity index (χ0) is 19.2. The van der Waals surface area contributed by atoms with Crippen molar-refractivity contribution in [2.24, 2.45) is 7.05 Å². The summed E-state index contributed by atoms with van der Waals surface area (Å²) in [5, 5.41) is 16.9. The molecule has 1 aromatic carbocycles. The Morgan fingerprint density at radius 2 is 2.00 bits per heavy atom. The predicted octanol–water partition coefficient (Wildman–Crippen LogP) is 2.55. The highest BCUT2D eigenvalue weighted by Crippen LogP contribution is 2.22. The lowest BCUT2D eigenvalue weighted by Crippen LogP contribution is -2.06. The third-order valence-electron chi connectivity index (χ3n) is 4.04. The van der Waals surface area contributed by atoms with E-state index < -0.39 is 0 Å². The molecule has 3 aromatic rings. The monoisotopic (exact) mass is 370 g/mol. The molecular weight excluding hydrogens is 351 g/mol. The van der Waals surface area contributed by atoms with Crippen molar-refractivity contribution in [1.82, 2.24) is 20.0 Å². The average molecular weight is 370 g/mol. The zero-order valence-electron chi connectivity index (χ0n) is 14.8. The average Bonchev–Trinajstić information content (AvgIpc) is 3.06. The number of pyridine rings is 1. The van der Waals surface area contributed by atoms with E-state index in [1.807, 2.05) is 0 Å². The van der Waals surface area contributed by atoms with E-state index in [0.29, 0.717) is 29.3 Å². The standard InChI is InChI=1S/C19H19FN4O3/c1-24-16(19(22-23-24)13-4-7-15(20)8-5-13)12-27-18-9-6-14(11-21-18)17(26)3-2-10-25/h4-9,11,25H,2-3,10,12H2,1H3. The van der Waals surface area contributed by atoms with Crippen LogP contribution in [0, 0.1) is 5.82 Å². The Bertz CT molecular complexity index is 908. The molecule has 0 fully saturated rings. The van der Waals surface area contributed by atoms with Crippen LogP contribution >= 0.6 is 0 Å². The van der Waals surface area contributed by atoms with Crippen LogP contribution in [-0.2, 0) is 13.7 Å². The predicted molar refractivity (Wildman–Crippen MR) is 95.6 cm³/mol. The number of rotatable bonds is 8. The van der Waals surface area contributed by atoms with Gasteiger partial charge in [-0.05, 0) is 36.8 Å². The van der Waals surface area contributed by atoms with Crippen molar-refractivity contribution in [2.45, 2.75) is 19.4 Å². The Kier molecular flexibility index (Phi) is 5.87. The van der Waals surface area contributed by atoms with E-state index in [2.05, 4.69) is 15.3 Å². The van der Waals surface area contributed by atoms with Gasteiger partial charge in [0.1, 0.15) is 23.8 Å². The molecule has 0 saturated carbocycles. The molecule has 0 radical (unpaired) electrons. The fraction of sp³-hybridized carbons (Fsp3) is 0.263. The molecule has 3 rings (SSSR count). The summed E-state index contributed by atoms with van der Waals surface area (Å²) in [6.45, 7) is 0.149. The van der Waals surface area contributed by atoms with Crippen LogP contribution in [0.15, 0.2) is 42.6 Å². The summed E-state index contributed by atoms with van der Waals surface area (Å²) in [4.78, 5) is 16.0. The number of aliphatic hydroxyl groups is 1. The van der Waals surface area contributed by atoms with Gasteiger partial charge in [0.05, 0.1) is 0 Å². The number of aliphatic hydroxyl groups excluding tert-OH is 1. The number of halogens is 1. The second-order valence-electron chi connectivity index (χ2n) is 5.94. The first-order valence-corrected chi connectivity index (χ1v) is 8.46. The summed E-state index contributed by atoms with van der Waals surface area (Å²) in [5.41, 5.74) is 2.53. The Morgan fingerprint density at radius 1 is 1.22 bits per heavy atom. The van der Waals surface area contributed by atoms with Crippen molar-refractivity contribution < 1.29 is 19.0 Å². The second kappa shape index (κ2) is 8.50. The number of benzene rings is 1. The summed E-state index contributed by atoms with van der Waals surface area (Å²) >= 11 is 0. The van der Waals surface area contributed by atoms with E-state index >= 15 is 0 Å². The van der Waals surface area contributed by atoms with Gasteiger partial charge >= 0.3 is 0 Å². The number of ketones is 1. The Labute approximate surface area is 155 Å². The minimum absolute atomic E-state index is 0.0184. The van der Waals surface area contributed by atoms with Gasteiger partial charge in [-0.3, -0.25) is 4.79 Å². The molecule has 0 aliphatic rings. The van der Waals surface area contributed by atoms with Crippen LogP contribution < -0.4 is 4.74 Å². The summed E-state index contributed by atoms with van der Waals surface area (Å²) in [6, 6.07) is 9.26. The van der Waals surface area contributed by atoms with E-state index in [1.165, 1.54) is 18.3 Å². The Hall–Kier alpha value is -3.13. The quantitative estimate of drug-likeness (QED) is 0.613. The maximum Gasteiger partial charge on any atom is 0.213 e. The summed E-state index contributed by atoms with van der Waals surface area (Å²) in [6.07, 6.45) is 2.16. The van der Waals surface area contributed by atoms with Crippen LogP contribution in [0.5, 0.6) is 5.88 Å². The first-order chi connectivity index (χ1) is 13.1. The number of nitrogens with zero attached hydrogens (tertiary/aromatic N) is 4. The normalized spacial score (nSPS) is 10.8. The van der Waals surface area contributed by atoms with Gasteiger partial charge in [0, 0.05) is 43.5 Å². The minimum Gasteiger partial charge on any atom is -0.471 e. The van der Waals surface area contributed by atoms with Gasteiger partial charge in [0.25, 0.3) is 0 Å². The Morgan fingerprint density at radius 3 is 2.67 bits per heavy atom. The molecule has 27 heavy (non-hydrogen) atoms. The highest BCUT2D eigenvalue weighted by Gasteiger charge is 2.14. The van der Waals surface area contributed by atoms with Crippen molar-refractivity contribution in [1.29, 1.82) is 0 Å². The van der Waals surface area contributed by atoms with Crippen LogP contribution in [0.3, 0.4) is 0 Å². The molecule has 0 spiro atoms. The van der Waals surface area contributed by atoms with Crippen LogP contribution in [0.1, 0.15) is 28.9 Å². The molecule has 0 unspecified atom stereocenters. The maximum absolute atomic E-state index is 13.1. The van der Waals surface area contributed by atoms with Gasteiger partial charge in [-0.1, -0.05) is 5.21 Å². The van der Waals surface area contributed by atoms with Crippen LogP contribution in [0.4, 0.5) is 4.39 Å². The molecule has 7 nitrogen and oxygen atoms in total. The first-order valence-electron chi connectivity index (χ1n) is 8.46. The van der Waals surface area contributed by atoms with Crippen molar-refractivity contribution in [2.75, 3.05) is 6.61 Å². The van der Waals surface area contributed by atoms with Crippen molar-refractivity contribution in [3.8, 4) is 17.1 Å². The molecule has 2 aromatic heterocycles. The fourth-order valence-corrected chi connectivity index (χ4v) is 2.53. The third-order valence-corrected chi connectivity index (χ3v) is 4.04. The highest BCUT2D eigenvalue weighted by molar-refractivity contribution is 5.95. The Balaban J connectivity index is 1.69. The van der Waals surface area contributed by atoms with Gasteiger partial charge in [-0.25, -0.2) is 14.1 Å². The molecule has 0 aliphatic carbocycles.